The van der Waals surface area contributed by atoms with E-state index in [0.29, 0.717) is 28.7 Å². The lowest BCUT2D eigenvalue weighted by molar-refractivity contribution is -0.123. The van der Waals surface area contributed by atoms with Crippen LogP contribution in [0.3, 0.4) is 0 Å². The molecule has 1 fully saturated rings. The van der Waals surface area contributed by atoms with E-state index < -0.39 is 9.84 Å². The number of rotatable bonds is 7. The SMILES string of the molecule is CCN(CC(=O)Nc1cc(Cl)cc(Cl)c1)CC(=O)N[C@@H]1CCS(=O)(=O)C1. The molecule has 0 unspecified atom stereocenters. The summed E-state index contributed by atoms with van der Waals surface area (Å²) >= 11 is 11.8. The van der Waals surface area contributed by atoms with E-state index in [4.69, 9.17) is 23.2 Å². The molecule has 1 saturated heterocycles. The van der Waals surface area contributed by atoms with Crippen LogP contribution in [0.4, 0.5) is 5.69 Å². The van der Waals surface area contributed by atoms with E-state index in [-0.39, 0.29) is 42.5 Å². The summed E-state index contributed by atoms with van der Waals surface area (Å²) in [6, 6.07) is 4.36. The van der Waals surface area contributed by atoms with Gasteiger partial charge in [0.2, 0.25) is 11.8 Å². The molecule has 1 heterocycles. The number of nitrogens with one attached hydrogen (secondary N) is 2. The molecule has 7 nitrogen and oxygen atoms in total. The Balaban J connectivity index is 1.84. The summed E-state index contributed by atoms with van der Waals surface area (Å²) in [6.45, 7) is 2.34. The molecule has 0 aliphatic carbocycles. The number of likely N-dealkylation sites (N-methyl/N-ethyl adjacent to an activating group) is 1. The highest BCUT2D eigenvalue weighted by Gasteiger charge is 2.29. The molecule has 0 aromatic heterocycles. The molecule has 1 atom stereocenters. The van der Waals surface area contributed by atoms with Gasteiger partial charge in [-0.05, 0) is 31.2 Å². The van der Waals surface area contributed by atoms with Crippen LogP contribution < -0.4 is 10.6 Å². The molecule has 10 heteroatoms. The zero-order valence-electron chi connectivity index (χ0n) is 14.3. The summed E-state index contributed by atoms with van der Waals surface area (Å²) in [5, 5.41) is 6.21. The van der Waals surface area contributed by atoms with Crippen molar-refractivity contribution in [3.05, 3.63) is 28.2 Å². The molecule has 1 aliphatic heterocycles. The highest BCUT2D eigenvalue weighted by molar-refractivity contribution is 7.91. The van der Waals surface area contributed by atoms with Gasteiger partial charge in [0, 0.05) is 21.8 Å². The van der Waals surface area contributed by atoms with Gasteiger partial charge in [-0.15, -0.1) is 0 Å². The van der Waals surface area contributed by atoms with Gasteiger partial charge in [0.05, 0.1) is 24.6 Å². The van der Waals surface area contributed by atoms with Crippen LogP contribution in [0.15, 0.2) is 18.2 Å². The van der Waals surface area contributed by atoms with Crippen molar-refractivity contribution in [2.45, 2.75) is 19.4 Å². The monoisotopic (exact) mass is 421 g/mol. The molecular weight excluding hydrogens is 401 g/mol. The van der Waals surface area contributed by atoms with Crippen LogP contribution in [0.2, 0.25) is 10.0 Å². The van der Waals surface area contributed by atoms with Crippen LogP contribution in [0, 0.1) is 0 Å². The van der Waals surface area contributed by atoms with Crippen LogP contribution >= 0.6 is 23.2 Å². The molecule has 26 heavy (non-hydrogen) atoms. The van der Waals surface area contributed by atoms with E-state index >= 15 is 0 Å². The molecule has 1 aromatic rings. The predicted octanol–water partition coefficient (Wildman–Crippen LogP) is 1.56. The van der Waals surface area contributed by atoms with Crippen LogP contribution in [-0.2, 0) is 19.4 Å². The van der Waals surface area contributed by atoms with Crippen molar-refractivity contribution in [3.63, 3.8) is 0 Å². The minimum absolute atomic E-state index is 0.0107. The van der Waals surface area contributed by atoms with Gasteiger partial charge in [-0.3, -0.25) is 14.5 Å². The second-order valence-corrected chi connectivity index (χ2v) is 9.28. The quantitative estimate of drug-likeness (QED) is 0.696. The van der Waals surface area contributed by atoms with E-state index in [1.807, 2.05) is 6.92 Å². The maximum absolute atomic E-state index is 12.2. The Morgan fingerprint density at radius 3 is 2.31 bits per heavy atom. The van der Waals surface area contributed by atoms with Crippen LogP contribution in [0.25, 0.3) is 0 Å². The maximum Gasteiger partial charge on any atom is 0.238 e. The van der Waals surface area contributed by atoms with Crippen molar-refractivity contribution in [2.24, 2.45) is 0 Å². The number of halogens is 2. The summed E-state index contributed by atoms with van der Waals surface area (Å²) in [7, 11) is -3.05. The van der Waals surface area contributed by atoms with Gasteiger partial charge in [0.25, 0.3) is 0 Å². The van der Waals surface area contributed by atoms with Gasteiger partial charge in [0.1, 0.15) is 0 Å². The largest absolute Gasteiger partial charge is 0.351 e. The molecular formula is C16H21Cl2N3O4S. The zero-order valence-corrected chi connectivity index (χ0v) is 16.6. The lowest BCUT2D eigenvalue weighted by Crippen LogP contribution is -2.44. The summed E-state index contributed by atoms with van der Waals surface area (Å²) in [5.74, 6) is -0.532. The first-order valence-corrected chi connectivity index (χ1v) is 10.7. The maximum atomic E-state index is 12.2. The minimum Gasteiger partial charge on any atom is -0.351 e. The second-order valence-electron chi connectivity index (χ2n) is 6.18. The number of benzene rings is 1. The molecule has 1 aromatic carbocycles. The fraction of sp³-hybridized carbons (Fsp3) is 0.500. The van der Waals surface area contributed by atoms with Gasteiger partial charge in [-0.1, -0.05) is 30.1 Å². The third-order valence-electron chi connectivity index (χ3n) is 3.93. The van der Waals surface area contributed by atoms with E-state index in [1.54, 1.807) is 23.1 Å². The smallest absolute Gasteiger partial charge is 0.238 e. The molecule has 0 bridgehead atoms. The van der Waals surface area contributed by atoms with Crippen LogP contribution in [-0.4, -0.2) is 62.3 Å². The van der Waals surface area contributed by atoms with Crippen molar-refractivity contribution in [1.29, 1.82) is 0 Å². The summed E-state index contributed by atoms with van der Waals surface area (Å²) < 4.78 is 22.9. The Hall–Kier alpha value is -1.35. The molecule has 0 spiro atoms. The minimum atomic E-state index is -3.05. The third kappa shape index (κ3) is 6.75. The van der Waals surface area contributed by atoms with Crippen LogP contribution in [0.5, 0.6) is 0 Å². The molecule has 0 saturated carbocycles. The predicted molar refractivity (Wildman–Crippen MR) is 102 cm³/mol. The normalized spacial score (nSPS) is 18.7. The first-order valence-electron chi connectivity index (χ1n) is 8.15. The van der Waals surface area contributed by atoms with Crippen LogP contribution in [0.1, 0.15) is 13.3 Å². The Labute approximate surface area is 162 Å². The van der Waals surface area contributed by atoms with Gasteiger partial charge >= 0.3 is 0 Å². The lowest BCUT2D eigenvalue weighted by atomic mass is 10.2. The average Bonchev–Trinajstić information content (AvgIpc) is 2.83. The Morgan fingerprint density at radius 1 is 1.15 bits per heavy atom. The zero-order chi connectivity index (χ0) is 19.3. The summed E-state index contributed by atoms with van der Waals surface area (Å²) in [4.78, 5) is 25.9. The van der Waals surface area contributed by atoms with E-state index in [1.165, 1.54) is 0 Å². The highest BCUT2D eigenvalue weighted by atomic mass is 35.5. The number of nitrogens with zero attached hydrogens (tertiary/aromatic N) is 1. The van der Waals surface area contributed by atoms with Crippen molar-refractivity contribution in [1.82, 2.24) is 10.2 Å². The molecule has 2 rings (SSSR count). The molecule has 0 radical (unpaired) electrons. The summed E-state index contributed by atoms with van der Waals surface area (Å²) in [5.41, 5.74) is 0.476. The average molecular weight is 422 g/mol. The van der Waals surface area contributed by atoms with E-state index in [2.05, 4.69) is 10.6 Å². The van der Waals surface area contributed by atoms with Crippen molar-refractivity contribution >= 4 is 50.5 Å². The summed E-state index contributed by atoms with van der Waals surface area (Å²) in [6.07, 6.45) is 0.427. The van der Waals surface area contributed by atoms with E-state index in [0.717, 1.165) is 0 Å². The fourth-order valence-corrected chi connectivity index (χ4v) is 4.89. The van der Waals surface area contributed by atoms with Gasteiger partial charge in [-0.2, -0.15) is 0 Å². The van der Waals surface area contributed by atoms with Gasteiger partial charge in [-0.25, -0.2) is 8.42 Å². The number of carbonyl (C=O) groups excluding carboxylic acids is 2. The number of hydrogen-bond acceptors (Lipinski definition) is 5. The lowest BCUT2D eigenvalue weighted by Gasteiger charge is -2.20. The molecule has 2 amide bonds. The number of anilines is 1. The Bertz CT molecular complexity index is 765. The first kappa shape index (κ1) is 21.0. The standard InChI is InChI=1S/C16H21Cl2N3O4S/c1-2-21(8-15(22)19-13-3-4-26(24,25)10-13)9-16(23)20-14-6-11(17)5-12(18)7-14/h5-7,13H,2-4,8-10H2,1H3,(H,19,22)(H,20,23)/t13-/m1/s1. The van der Waals surface area contributed by atoms with E-state index in [9.17, 15) is 18.0 Å². The number of hydrogen-bond donors (Lipinski definition) is 2. The number of amides is 2. The van der Waals surface area contributed by atoms with Crippen molar-refractivity contribution < 1.29 is 18.0 Å². The highest BCUT2D eigenvalue weighted by Crippen LogP contribution is 2.22. The fourth-order valence-electron chi connectivity index (χ4n) is 2.69. The Kier molecular flexibility index (Phi) is 7.28. The number of sulfone groups is 1. The topological polar surface area (TPSA) is 95.6 Å². The number of carbonyl (C=O) groups is 2. The van der Waals surface area contributed by atoms with Crippen molar-refractivity contribution in [3.8, 4) is 0 Å². The second kappa shape index (κ2) is 9.03. The van der Waals surface area contributed by atoms with Crippen molar-refractivity contribution in [2.75, 3.05) is 36.5 Å². The molecule has 1 aliphatic rings. The molecule has 144 valence electrons. The van der Waals surface area contributed by atoms with Gasteiger partial charge < -0.3 is 10.6 Å². The third-order valence-corrected chi connectivity index (χ3v) is 6.13. The Morgan fingerprint density at radius 2 is 1.77 bits per heavy atom. The van der Waals surface area contributed by atoms with Gasteiger partial charge in [0.15, 0.2) is 9.84 Å². The first-order chi connectivity index (χ1) is 12.2. The molecule has 2 N–H and O–H groups in total.